The molecular formula is C32H30N2O6S. The van der Waals surface area contributed by atoms with Gasteiger partial charge in [-0.1, -0.05) is 59.9 Å². The number of thiazole rings is 1. The van der Waals surface area contributed by atoms with E-state index < -0.39 is 12.0 Å². The normalized spacial score (nSPS) is 14.5. The highest BCUT2D eigenvalue weighted by molar-refractivity contribution is 7.07. The second kappa shape index (κ2) is 12.7. The molecule has 5 rings (SSSR count). The Balaban J connectivity index is 1.54. The average molecular weight is 571 g/mol. The predicted molar refractivity (Wildman–Crippen MR) is 157 cm³/mol. The van der Waals surface area contributed by atoms with Gasteiger partial charge in [0.1, 0.15) is 12.4 Å². The van der Waals surface area contributed by atoms with Gasteiger partial charge >= 0.3 is 5.97 Å². The zero-order valence-corrected chi connectivity index (χ0v) is 23.9. The molecule has 0 radical (unpaired) electrons. The fourth-order valence-corrected chi connectivity index (χ4v) is 5.54. The lowest BCUT2D eigenvalue weighted by Gasteiger charge is -2.23. The van der Waals surface area contributed by atoms with Crippen LogP contribution in [0.2, 0.25) is 0 Å². The van der Waals surface area contributed by atoms with Gasteiger partial charge in [-0.2, -0.15) is 0 Å². The molecule has 2 heterocycles. The van der Waals surface area contributed by atoms with Crippen LogP contribution in [-0.4, -0.2) is 30.9 Å². The number of ether oxygens (including phenoxy) is 4. The lowest BCUT2D eigenvalue weighted by molar-refractivity contribution is -0.136. The maximum absolute atomic E-state index is 13.8. The molecule has 0 N–H and O–H groups in total. The van der Waals surface area contributed by atoms with Gasteiger partial charge in [0.25, 0.3) is 5.56 Å². The minimum Gasteiger partial charge on any atom is -0.490 e. The molecule has 0 bridgehead atoms. The van der Waals surface area contributed by atoms with Crippen LogP contribution in [0.5, 0.6) is 17.2 Å². The third-order valence-electron chi connectivity index (χ3n) is 6.41. The third kappa shape index (κ3) is 6.10. The van der Waals surface area contributed by atoms with Crippen LogP contribution in [-0.2, 0) is 16.1 Å². The van der Waals surface area contributed by atoms with Crippen molar-refractivity contribution in [2.75, 3.05) is 20.3 Å². The van der Waals surface area contributed by atoms with E-state index >= 15 is 0 Å². The Morgan fingerprint density at radius 3 is 2.49 bits per heavy atom. The van der Waals surface area contributed by atoms with E-state index in [0.717, 1.165) is 11.1 Å². The summed E-state index contributed by atoms with van der Waals surface area (Å²) in [6, 6.07) is 22.1. The summed E-state index contributed by atoms with van der Waals surface area (Å²) in [6.45, 7) is 5.12. The van der Waals surface area contributed by atoms with E-state index in [9.17, 15) is 9.59 Å². The summed E-state index contributed by atoms with van der Waals surface area (Å²) in [5.74, 6) is 1.24. The molecule has 0 saturated carbocycles. The predicted octanol–water partition coefficient (Wildman–Crippen LogP) is 4.39. The molecule has 0 unspecified atom stereocenters. The molecule has 1 atom stereocenters. The summed E-state index contributed by atoms with van der Waals surface area (Å²) >= 11 is 1.25. The number of nitrogens with zero attached hydrogens (tertiary/aromatic N) is 2. The number of aromatic nitrogens is 1. The second-order valence-corrected chi connectivity index (χ2v) is 10.1. The highest BCUT2D eigenvalue weighted by atomic mass is 32.1. The van der Waals surface area contributed by atoms with Crippen LogP contribution < -0.4 is 29.1 Å². The Morgan fingerprint density at radius 1 is 0.951 bits per heavy atom. The van der Waals surface area contributed by atoms with Gasteiger partial charge in [-0.05, 0) is 60.9 Å². The van der Waals surface area contributed by atoms with Crippen molar-refractivity contribution in [1.82, 2.24) is 4.57 Å². The summed E-state index contributed by atoms with van der Waals surface area (Å²) in [4.78, 5) is 31.6. The van der Waals surface area contributed by atoms with Crippen LogP contribution in [0.4, 0.5) is 0 Å². The van der Waals surface area contributed by atoms with Crippen molar-refractivity contribution in [3.8, 4) is 17.2 Å². The van der Waals surface area contributed by atoms with Gasteiger partial charge in [0.15, 0.2) is 16.3 Å². The first-order valence-electron chi connectivity index (χ1n) is 13.3. The van der Waals surface area contributed by atoms with E-state index in [1.165, 1.54) is 29.2 Å². The van der Waals surface area contributed by atoms with Crippen molar-refractivity contribution in [3.63, 3.8) is 0 Å². The van der Waals surface area contributed by atoms with Crippen LogP contribution >= 0.6 is 11.3 Å². The van der Waals surface area contributed by atoms with Gasteiger partial charge < -0.3 is 18.9 Å². The van der Waals surface area contributed by atoms with E-state index in [4.69, 9.17) is 18.9 Å². The number of carbonyl (C=O) groups excluding carboxylic acids is 1. The molecular weight excluding hydrogens is 540 g/mol. The van der Waals surface area contributed by atoms with Gasteiger partial charge in [-0.15, -0.1) is 0 Å². The molecule has 0 saturated heterocycles. The number of carbonyl (C=O) groups is 1. The lowest BCUT2D eigenvalue weighted by atomic mass is 9.97. The molecule has 1 aliphatic rings. The summed E-state index contributed by atoms with van der Waals surface area (Å²) in [5, 5.41) is 0. The topological polar surface area (TPSA) is 88.4 Å². The highest BCUT2D eigenvalue weighted by Gasteiger charge is 2.31. The molecule has 3 aromatic carbocycles. The van der Waals surface area contributed by atoms with Crippen molar-refractivity contribution in [3.05, 3.63) is 121 Å². The number of esters is 1. The number of hydrogen-bond donors (Lipinski definition) is 0. The number of benzene rings is 3. The fourth-order valence-electron chi connectivity index (χ4n) is 4.57. The minimum absolute atomic E-state index is 0.245. The molecule has 0 spiro atoms. The lowest BCUT2D eigenvalue weighted by Crippen LogP contribution is -2.39. The Kier molecular flexibility index (Phi) is 8.64. The number of hydrogen-bond acceptors (Lipinski definition) is 8. The number of fused-ring (bicyclic) bond motifs is 1. The van der Waals surface area contributed by atoms with Crippen molar-refractivity contribution in [2.45, 2.75) is 26.5 Å². The van der Waals surface area contributed by atoms with Gasteiger partial charge in [-0.3, -0.25) is 9.36 Å². The van der Waals surface area contributed by atoms with E-state index in [1.54, 1.807) is 12.1 Å². The van der Waals surface area contributed by atoms with Crippen molar-refractivity contribution in [2.24, 2.45) is 4.99 Å². The molecule has 9 heteroatoms. The standard InChI is InChI=1S/C32H30N2O6S/c1-4-38-26-15-14-23(18-27(26)39-5-2)29-25(31(36)37-3)19-33-32-34(29)30(35)28(41-32)17-22-12-9-13-24(16-22)40-20-21-10-7-6-8-11-21/h6-19,29H,4-5,20H2,1-3H3/b28-17+/t29-/m0/s1. The van der Waals surface area contributed by atoms with Crippen molar-refractivity contribution < 1.29 is 23.7 Å². The fraction of sp³-hybridized carbons (Fsp3) is 0.219. The second-order valence-electron chi connectivity index (χ2n) is 9.09. The molecule has 0 amide bonds. The van der Waals surface area contributed by atoms with Crippen LogP contribution in [0.15, 0.2) is 94.4 Å². The van der Waals surface area contributed by atoms with Gasteiger partial charge in [0.2, 0.25) is 0 Å². The minimum atomic E-state index is -0.753. The first-order valence-corrected chi connectivity index (χ1v) is 14.1. The molecule has 41 heavy (non-hydrogen) atoms. The molecule has 1 aliphatic heterocycles. The van der Waals surface area contributed by atoms with Crippen LogP contribution in [0, 0.1) is 0 Å². The van der Waals surface area contributed by atoms with Crippen LogP contribution in [0.25, 0.3) is 6.08 Å². The largest absolute Gasteiger partial charge is 0.490 e. The van der Waals surface area contributed by atoms with Crippen molar-refractivity contribution in [1.29, 1.82) is 0 Å². The summed E-state index contributed by atoms with van der Waals surface area (Å²) < 4.78 is 24.6. The third-order valence-corrected chi connectivity index (χ3v) is 7.41. The van der Waals surface area contributed by atoms with Gasteiger partial charge in [-0.25, -0.2) is 9.79 Å². The Bertz CT molecular complexity index is 1760. The molecule has 4 aromatic rings. The van der Waals surface area contributed by atoms with E-state index in [0.29, 0.717) is 52.0 Å². The Hall–Kier alpha value is -4.63. The van der Waals surface area contributed by atoms with E-state index in [1.807, 2.05) is 80.6 Å². The molecule has 1 aromatic heterocycles. The molecule has 0 fully saturated rings. The first-order chi connectivity index (χ1) is 20.0. The zero-order chi connectivity index (χ0) is 28.8. The maximum atomic E-state index is 13.8. The summed E-state index contributed by atoms with van der Waals surface area (Å²) in [7, 11) is 1.31. The average Bonchev–Trinajstić information content (AvgIpc) is 3.31. The number of rotatable bonds is 10. The first kappa shape index (κ1) is 27.9. The maximum Gasteiger partial charge on any atom is 0.337 e. The van der Waals surface area contributed by atoms with Crippen molar-refractivity contribution >= 4 is 23.4 Å². The SMILES string of the molecule is CCOc1ccc([C@H]2C(C(=O)OC)=CN=c3s/c(=C/c4cccc(OCc5ccccc5)c4)c(=O)n32)cc1OCC. The number of methoxy groups -OCH3 is 1. The monoisotopic (exact) mass is 570 g/mol. The van der Waals surface area contributed by atoms with Crippen LogP contribution in [0.1, 0.15) is 36.6 Å². The summed E-state index contributed by atoms with van der Waals surface area (Å²) in [5.41, 5.74) is 2.52. The van der Waals surface area contributed by atoms with E-state index in [-0.39, 0.29) is 11.1 Å². The Labute approximate surface area is 241 Å². The van der Waals surface area contributed by atoms with Gasteiger partial charge in [0.05, 0.1) is 36.5 Å². The zero-order valence-electron chi connectivity index (χ0n) is 23.0. The molecule has 8 nitrogen and oxygen atoms in total. The molecule has 210 valence electrons. The highest BCUT2D eigenvalue weighted by Crippen LogP contribution is 2.35. The molecule has 0 aliphatic carbocycles. The quantitative estimate of drug-likeness (QED) is 0.263. The van der Waals surface area contributed by atoms with Gasteiger partial charge in [0, 0.05) is 6.20 Å². The smallest absolute Gasteiger partial charge is 0.337 e. The van der Waals surface area contributed by atoms with E-state index in [2.05, 4.69) is 4.99 Å². The Morgan fingerprint density at radius 2 is 1.73 bits per heavy atom. The van der Waals surface area contributed by atoms with Crippen LogP contribution in [0.3, 0.4) is 0 Å². The summed E-state index contributed by atoms with van der Waals surface area (Å²) in [6.07, 6.45) is 3.28.